The van der Waals surface area contributed by atoms with E-state index in [1.54, 1.807) is 12.1 Å². The van der Waals surface area contributed by atoms with E-state index >= 15 is 0 Å². The van der Waals surface area contributed by atoms with Crippen molar-refractivity contribution >= 4 is 15.9 Å². The Labute approximate surface area is 112 Å². The summed E-state index contributed by atoms with van der Waals surface area (Å²) in [4.78, 5) is -0.318. The lowest BCUT2D eigenvalue weighted by Crippen LogP contribution is -2.04. The molecule has 100 valence electrons. The molecule has 0 bridgehead atoms. The van der Waals surface area contributed by atoms with Crippen LogP contribution < -0.4 is 5.32 Å². The Morgan fingerprint density at radius 3 is 2.16 bits per heavy atom. The molecule has 1 N–H and O–H groups in total. The highest BCUT2D eigenvalue weighted by molar-refractivity contribution is 7.86. The predicted octanol–water partition coefficient (Wildman–Crippen LogP) is 3.00. The standard InChI is InChI=1S/C14H14FNO2S/c15-19(17,18)14-8-6-13(7-9-14)16-11-10-12-4-2-1-3-5-12/h1-9,16H,10-11H2. The number of benzene rings is 2. The largest absolute Gasteiger partial charge is 0.385 e. The summed E-state index contributed by atoms with van der Waals surface area (Å²) >= 11 is 0. The van der Waals surface area contributed by atoms with E-state index in [0.717, 1.165) is 18.7 Å². The molecule has 0 radical (unpaired) electrons. The van der Waals surface area contributed by atoms with Crippen molar-refractivity contribution in [2.45, 2.75) is 11.3 Å². The molecule has 2 aromatic carbocycles. The predicted molar refractivity (Wildman–Crippen MR) is 73.4 cm³/mol. The molecule has 5 heteroatoms. The fourth-order valence-electron chi connectivity index (χ4n) is 1.73. The maximum absolute atomic E-state index is 12.7. The quantitative estimate of drug-likeness (QED) is 0.856. The van der Waals surface area contributed by atoms with Crippen LogP contribution in [-0.4, -0.2) is 15.0 Å². The van der Waals surface area contributed by atoms with Crippen LogP contribution >= 0.6 is 0 Å². The average Bonchev–Trinajstić information content (AvgIpc) is 2.39. The number of anilines is 1. The molecule has 0 amide bonds. The van der Waals surface area contributed by atoms with Crippen molar-refractivity contribution in [1.82, 2.24) is 0 Å². The fraction of sp³-hybridized carbons (Fsp3) is 0.143. The SMILES string of the molecule is O=S(=O)(F)c1ccc(NCCc2ccccc2)cc1. The third-order valence-corrected chi connectivity index (χ3v) is 3.56. The van der Waals surface area contributed by atoms with Gasteiger partial charge in [-0.15, -0.1) is 3.89 Å². The summed E-state index contributed by atoms with van der Waals surface area (Å²) < 4.78 is 34.0. The number of hydrogen-bond acceptors (Lipinski definition) is 3. The second kappa shape index (κ2) is 5.84. The lowest BCUT2D eigenvalue weighted by molar-refractivity contribution is 0.552. The second-order valence-electron chi connectivity index (χ2n) is 4.12. The Bertz CT molecular complexity index is 624. The van der Waals surface area contributed by atoms with Crippen LogP contribution in [0.3, 0.4) is 0 Å². The van der Waals surface area contributed by atoms with Gasteiger partial charge in [0.25, 0.3) is 0 Å². The molecular formula is C14H14FNO2S. The number of rotatable bonds is 5. The van der Waals surface area contributed by atoms with E-state index in [4.69, 9.17) is 0 Å². The molecule has 0 atom stereocenters. The Hall–Kier alpha value is -1.88. The van der Waals surface area contributed by atoms with Gasteiger partial charge in [-0.1, -0.05) is 30.3 Å². The van der Waals surface area contributed by atoms with Gasteiger partial charge in [-0.25, -0.2) is 0 Å². The summed E-state index contributed by atoms with van der Waals surface area (Å²) in [7, 11) is -4.61. The Morgan fingerprint density at radius 2 is 1.58 bits per heavy atom. The Balaban J connectivity index is 1.90. The minimum atomic E-state index is -4.61. The molecular weight excluding hydrogens is 265 g/mol. The summed E-state index contributed by atoms with van der Waals surface area (Å²) in [6, 6.07) is 15.6. The van der Waals surface area contributed by atoms with Gasteiger partial charge in [0.2, 0.25) is 0 Å². The van der Waals surface area contributed by atoms with Gasteiger partial charge in [0.1, 0.15) is 0 Å². The average molecular weight is 279 g/mol. The van der Waals surface area contributed by atoms with Gasteiger partial charge in [-0.05, 0) is 36.2 Å². The van der Waals surface area contributed by atoms with Gasteiger partial charge in [0, 0.05) is 12.2 Å². The van der Waals surface area contributed by atoms with Crippen LogP contribution in [0.15, 0.2) is 59.5 Å². The van der Waals surface area contributed by atoms with Gasteiger partial charge >= 0.3 is 10.2 Å². The summed E-state index contributed by atoms with van der Waals surface area (Å²) in [5.74, 6) is 0. The van der Waals surface area contributed by atoms with Crippen molar-refractivity contribution in [3.05, 3.63) is 60.2 Å². The number of nitrogens with one attached hydrogen (secondary N) is 1. The van der Waals surface area contributed by atoms with Crippen LogP contribution in [0.1, 0.15) is 5.56 Å². The topological polar surface area (TPSA) is 46.2 Å². The van der Waals surface area contributed by atoms with E-state index in [2.05, 4.69) is 5.32 Å². The van der Waals surface area contributed by atoms with Crippen LogP contribution in [0.25, 0.3) is 0 Å². The fourth-order valence-corrected chi connectivity index (χ4v) is 2.19. The molecule has 19 heavy (non-hydrogen) atoms. The lowest BCUT2D eigenvalue weighted by atomic mass is 10.1. The second-order valence-corrected chi connectivity index (χ2v) is 5.47. The Kier molecular flexibility index (Phi) is 4.16. The van der Waals surface area contributed by atoms with E-state index in [1.807, 2.05) is 30.3 Å². The van der Waals surface area contributed by atoms with E-state index in [1.165, 1.54) is 17.7 Å². The third-order valence-electron chi connectivity index (χ3n) is 2.72. The number of halogens is 1. The highest BCUT2D eigenvalue weighted by Crippen LogP contribution is 2.15. The molecule has 0 aliphatic rings. The van der Waals surface area contributed by atoms with Crippen LogP contribution in [-0.2, 0) is 16.6 Å². The van der Waals surface area contributed by atoms with Crippen molar-refractivity contribution in [3.8, 4) is 0 Å². The summed E-state index contributed by atoms with van der Waals surface area (Å²) in [6.07, 6.45) is 0.865. The van der Waals surface area contributed by atoms with Gasteiger partial charge in [0.05, 0.1) is 4.90 Å². The minimum absolute atomic E-state index is 0.318. The summed E-state index contributed by atoms with van der Waals surface area (Å²) in [5, 5.41) is 3.15. The minimum Gasteiger partial charge on any atom is -0.385 e. The van der Waals surface area contributed by atoms with Gasteiger partial charge in [-0.2, -0.15) is 8.42 Å². The summed E-state index contributed by atoms with van der Waals surface area (Å²) in [5.41, 5.74) is 1.99. The highest BCUT2D eigenvalue weighted by Gasteiger charge is 2.10. The van der Waals surface area contributed by atoms with Crippen molar-refractivity contribution in [1.29, 1.82) is 0 Å². The van der Waals surface area contributed by atoms with Crippen molar-refractivity contribution < 1.29 is 12.3 Å². The molecule has 0 saturated carbocycles. The highest BCUT2D eigenvalue weighted by atomic mass is 32.3. The van der Waals surface area contributed by atoms with Gasteiger partial charge in [0.15, 0.2) is 0 Å². The molecule has 3 nitrogen and oxygen atoms in total. The molecule has 0 heterocycles. The van der Waals surface area contributed by atoms with E-state index in [9.17, 15) is 12.3 Å². The van der Waals surface area contributed by atoms with Gasteiger partial charge < -0.3 is 5.32 Å². The van der Waals surface area contributed by atoms with E-state index in [-0.39, 0.29) is 4.90 Å². The van der Waals surface area contributed by atoms with Gasteiger partial charge in [-0.3, -0.25) is 0 Å². The zero-order valence-electron chi connectivity index (χ0n) is 10.2. The smallest absolute Gasteiger partial charge is 0.332 e. The first-order chi connectivity index (χ1) is 9.05. The van der Waals surface area contributed by atoms with E-state index < -0.39 is 10.2 Å². The molecule has 2 rings (SSSR count). The number of hydrogen-bond donors (Lipinski definition) is 1. The maximum Gasteiger partial charge on any atom is 0.332 e. The first-order valence-corrected chi connectivity index (χ1v) is 7.26. The van der Waals surface area contributed by atoms with Crippen molar-refractivity contribution in [2.75, 3.05) is 11.9 Å². The normalized spacial score (nSPS) is 11.2. The molecule has 0 fully saturated rings. The third kappa shape index (κ3) is 4.06. The maximum atomic E-state index is 12.7. The molecule has 0 aromatic heterocycles. The monoisotopic (exact) mass is 279 g/mol. The van der Waals surface area contributed by atoms with Crippen molar-refractivity contribution in [2.24, 2.45) is 0 Å². The lowest BCUT2D eigenvalue weighted by Gasteiger charge is -2.06. The van der Waals surface area contributed by atoms with Crippen LogP contribution in [0.5, 0.6) is 0 Å². The zero-order chi connectivity index (χ0) is 13.7. The van der Waals surface area contributed by atoms with Crippen LogP contribution in [0.4, 0.5) is 9.57 Å². The first kappa shape index (κ1) is 13.5. The summed E-state index contributed by atoms with van der Waals surface area (Å²) in [6.45, 7) is 0.728. The molecule has 2 aromatic rings. The molecule has 0 unspecified atom stereocenters. The molecule has 0 saturated heterocycles. The Morgan fingerprint density at radius 1 is 0.947 bits per heavy atom. The van der Waals surface area contributed by atoms with Crippen LogP contribution in [0, 0.1) is 0 Å². The van der Waals surface area contributed by atoms with Crippen LogP contribution in [0.2, 0.25) is 0 Å². The van der Waals surface area contributed by atoms with E-state index in [0.29, 0.717) is 0 Å². The molecule has 0 spiro atoms. The zero-order valence-corrected chi connectivity index (χ0v) is 11.0. The first-order valence-electron chi connectivity index (χ1n) is 5.88. The van der Waals surface area contributed by atoms with Crippen molar-refractivity contribution in [3.63, 3.8) is 0 Å². The molecule has 0 aliphatic heterocycles. The molecule has 0 aliphatic carbocycles.